The van der Waals surface area contributed by atoms with Crippen LogP contribution in [-0.4, -0.2) is 0 Å². The second kappa shape index (κ2) is 5.06. The van der Waals surface area contributed by atoms with E-state index >= 15 is 0 Å². The molecular weight excluding hydrogens is 325 g/mol. The molecule has 0 aliphatic rings. The van der Waals surface area contributed by atoms with Crippen molar-refractivity contribution in [2.24, 2.45) is 5.73 Å². The normalized spacial score (nSPS) is 12.8. The predicted molar refractivity (Wildman–Crippen MR) is 74.2 cm³/mol. The summed E-state index contributed by atoms with van der Waals surface area (Å²) in [6.07, 6.45) is 0. The monoisotopic (exact) mass is 333 g/mol. The van der Waals surface area contributed by atoms with Crippen LogP contribution in [0.25, 0.3) is 0 Å². The molecule has 17 heavy (non-hydrogen) atoms. The highest BCUT2D eigenvalue weighted by Gasteiger charge is 2.15. The van der Waals surface area contributed by atoms with Crippen LogP contribution in [0.15, 0.2) is 28.7 Å². The summed E-state index contributed by atoms with van der Waals surface area (Å²) in [5.74, 6) is -0.267. The number of nitrogens with two attached hydrogens (primary N) is 1. The summed E-state index contributed by atoms with van der Waals surface area (Å²) >= 11 is 10.7. The number of halogens is 3. The van der Waals surface area contributed by atoms with Gasteiger partial charge >= 0.3 is 0 Å². The molecule has 0 spiro atoms. The molecule has 1 heterocycles. The average molecular weight is 335 g/mol. The molecule has 0 amide bonds. The van der Waals surface area contributed by atoms with E-state index in [1.807, 2.05) is 19.1 Å². The summed E-state index contributed by atoms with van der Waals surface area (Å²) in [5.41, 5.74) is 7.72. The Balaban J connectivity index is 2.39. The molecule has 0 saturated carbocycles. The van der Waals surface area contributed by atoms with Gasteiger partial charge in [-0.25, -0.2) is 4.39 Å². The van der Waals surface area contributed by atoms with Crippen molar-refractivity contribution in [2.75, 3.05) is 0 Å². The topological polar surface area (TPSA) is 26.0 Å². The third-order valence-corrected chi connectivity index (χ3v) is 4.95. The maximum atomic E-state index is 13.3. The molecule has 0 radical (unpaired) electrons. The minimum absolute atomic E-state index is 0.267. The van der Waals surface area contributed by atoms with Gasteiger partial charge in [-0.05, 0) is 52.2 Å². The molecule has 1 unspecified atom stereocenters. The van der Waals surface area contributed by atoms with Crippen LogP contribution in [0.4, 0.5) is 4.39 Å². The first-order valence-corrected chi connectivity index (χ1v) is 6.93. The fraction of sp³-hybridized carbons (Fsp3) is 0.167. The van der Waals surface area contributed by atoms with E-state index in [-0.39, 0.29) is 11.9 Å². The number of thiophene rings is 1. The Bertz CT molecular complexity index is 516. The number of hydrogen-bond donors (Lipinski definition) is 1. The lowest BCUT2D eigenvalue weighted by atomic mass is 10.0. The molecule has 1 aromatic heterocycles. The van der Waals surface area contributed by atoms with Crippen LogP contribution in [0.3, 0.4) is 0 Å². The summed E-state index contributed by atoms with van der Waals surface area (Å²) < 4.78 is 14.8. The molecule has 90 valence electrons. The Hall–Kier alpha value is -0.420. The molecule has 0 saturated heterocycles. The van der Waals surface area contributed by atoms with Gasteiger partial charge in [0.05, 0.1) is 6.04 Å². The highest BCUT2D eigenvalue weighted by molar-refractivity contribution is 9.10. The van der Waals surface area contributed by atoms with Crippen LogP contribution in [0, 0.1) is 12.7 Å². The van der Waals surface area contributed by atoms with Crippen LogP contribution < -0.4 is 5.73 Å². The van der Waals surface area contributed by atoms with Crippen LogP contribution >= 0.6 is 38.9 Å². The van der Waals surface area contributed by atoms with E-state index in [0.717, 1.165) is 20.5 Å². The van der Waals surface area contributed by atoms with E-state index < -0.39 is 0 Å². The fourth-order valence-corrected chi connectivity index (χ4v) is 3.39. The zero-order chi connectivity index (χ0) is 12.6. The Morgan fingerprint density at radius 3 is 2.59 bits per heavy atom. The average Bonchev–Trinajstić information content (AvgIpc) is 2.57. The SMILES string of the molecule is Cc1cc(F)cc(C(N)c2cc(Br)c(Cl)s2)c1. The first-order valence-electron chi connectivity index (χ1n) is 4.95. The van der Waals surface area contributed by atoms with Crippen molar-refractivity contribution in [1.82, 2.24) is 0 Å². The van der Waals surface area contributed by atoms with Gasteiger partial charge in [0.1, 0.15) is 10.2 Å². The molecule has 2 N–H and O–H groups in total. The third-order valence-electron chi connectivity index (χ3n) is 2.39. The van der Waals surface area contributed by atoms with Gasteiger partial charge in [-0.1, -0.05) is 17.7 Å². The standard InChI is InChI=1S/C12H10BrClFNS/c1-6-2-7(4-8(15)3-6)11(16)10-5-9(13)12(14)17-10/h2-5,11H,16H2,1H3. The number of aryl methyl sites for hydroxylation is 1. The molecular formula is C12H10BrClFNS. The maximum absolute atomic E-state index is 13.3. The highest BCUT2D eigenvalue weighted by Crippen LogP contribution is 2.36. The lowest BCUT2D eigenvalue weighted by molar-refractivity contribution is 0.622. The second-order valence-electron chi connectivity index (χ2n) is 3.81. The van der Waals surface area contributed by atoms with Gasteiger partial charge in [-0.15, -0.1) is 11.3 Å². The van der Waals surface area contributed by atoms with Crippen molar-refractivity contribution in [3.05, 3.63) is 54.9 Å². The number of benzene rings is 1. The van der Waals surface area contributed by atoms with Crippen molar-refractivity contribution < 1.29 is 4.39 Å². The van der Waals surface area contributed by atoms with E-state index in [0.29, 0.717) is 4.34 Å². The largest absolute Gasteiger partial charge is 0.320 e. The van der Waals surface area contributed by atoms with Crippen molar-refractivity contribution in [3.8, 4) is 0 Å². The van der Waals surface area contributed by atoms with Gasteiger partial charge in [0, 0.05) is 9.35 Å². The number of hydrogen-bond acceptors (Lipinski definition) is 2. The quantitative estimate of drug-likeness (QED) is 0.849. The van der Waals surface area contributed by atoms with Crippen molar-refractivity contribution >= 4 is 38.9 Å². The molecule has 0 fully saturated rings. The van der Waals surface area contributed by atoms with Crippen LogP contribution in [0.2, 0.25) is 4.34 Å². The summed E-state index contributed by atoms with van der Waals surface area (Å²) in [6, 6.07) is 6.35. The van der Waals surface area contributed by atoms with Crippen LogP contribution in [0.1, 0.15) is 22.0 Å². The van der Waals surface area contributed by atoms with E-state index in [9.17, 15) is 4.39 Å². The molecule has 0 aliphatic carbocycles. The molecule has 1 aromatic carbocycles. The first kappa shape index (κ1) is 13.0. The molecule has 5 heteroatoms. The smallest absolute Gasteiger partial charge is 0.123 e. The molecule has 1 nitrogen and oxygen atoms in total. The highest BCUT2D eigenvalue weighted by atomic mass is 79.9. The molecule has 2 rings (SSSR count). The first-order chi connectivity index (χ1) is 7.97. The van der Waals surface area contributed by atoms with Gasteiger partial charge in [-0.2, -0.15) is 0 Å². The van der Waals surface area contributed by atoms with Gasteiger partial charge in [0.15, 0.2) is 0 Å². The predicted octanol–water partition coefficient (Wildman–Crippen LogP) is 4.66. The lowest BCUT2D eigenvalue weighted by Crippen LogP contribution is -2.10. The van der Waals surface area contributed by atoms with E-state index in [1.165, 1.54) is 23.5 Å². The van der Waals surface area contributed by atoms with Crippen molar-refractivity contribution in [2.45, 2.75) is 13.0 Å². The summed E-state index contributed by atoms with van der Waals surface area (Å²) in [4.78, 5) is 0.909. The van der Waals surface area contributed by atoms with Gasteiger partial charge in [0.2, 0.25) is 0 Å². The van der Waals surface area contributed by atoms with Crippen molar-refractivity contribution in [3.63, 3.8) is 0 Å². The fourth-order valence-electron chi connectivity index (χ4n) is 1.63. The zero-order valence-corrected chi connectivity index (χ0v) is 12.2. The molecule has 2 aromatic rings. The Labute approximate surface area is 117 Å². The lowest BCUT2D eigenvalue weighted by Gasteiger charge is -2.10. The molecule has 0 aliphatic heterocycles. The van der Waals surface area contributed by atoms with E-state index in [2.05, 4.69) is 15.9 Å². The Morgan fingerprint density at radius 1 is 1.35 bits per heavy atom. The Kier molecular flexibility index (Phi) is 3.88. The van der Waals surface area contributed by atoms with E-state index in [4.69, 9.17) is 17.3 Å². The minimum atomic E-state index is -0.349. The van der Waals surface area contributed by atoms with Gasteiger partial charge in [0.25, 0.3) is 0 Å². The maximum Gasteiger partial charge on any atom is 0.123 e. The Morgan fingerprint density at radius 2 is 2.06 bits per heavy atom. The minimum Gasteiger partial charge on any atom is -0.320 e. The second-order valence-corrected chi connectivity index (χ2v) is 6.35. The molecule has 1 atom stereocenters. The summed E-state index contributed by atoms with van der Waals surface area (Å²) in [5, 5.41) is 0. The summed E-state index contributed by atoms with van der Waals surface area (Å²) in [6.45, 7) is 1.84. The van der Waals surface area contributed by atoms with Gasteiger partial charge < -0.3 is 5.73 Å². The van der Waals surface area contributed by atoms with Crippen molar-refractivity contribution in [1.29, 1.82) is 0 Å². The molecule has 0 bridgehead atoms. The van der Waals surface area contributed by atoms with E-state index in [1.54, 1.807) is 0 Å². The zero-order valence-electron chi connectivity index (χ0n) is 9.01. The summed E-state index contributed by atoms with van der Waals surface area (Å²) in [7, 11) is 0. The van der Waals surface area contributed by atoms with Crippen LogP contribution in [0.5, 0.6) is 0 Å². The number of rotatable bonds is 2. The van der Waals surface area contributed by atoms with Gasteiger partial charge in [-0.3, -0.25) is 0 Å². The van der Waals surface area contributed by atoms with Crippen LogP contribution in [-0.2, 0) is 0 Å². The third kappa shape index (κ3) is 2.88.